The summed E-state index contributed by atoms with van der Waals surface area (Å²) in [5.74, 6) is -0.512. The molecule has 0 saturated heterocycles. The summed E-state index contributed by atoms with van der Waals surface area (Å²) in [7, 11) is -3.38. The van der Waals surface area contributed by atoms with Gasteiger partial charge >= 0.3 is 0 Å². The summed E-state index contributed by atoms with van der Waals surface area (Å²) in [4.78, 5) is 0. The number of aryl methyl sites for hydroxylation is 1. The highest BCUT2D eigenvalue weighted by Gasteiger charge is 2.17. The molecule has 4 nitrogen and oxygen atoms in total. The van der Waals surface area contributed by atoms with E-state index in [1.165, 1.54) is 0 Å². The molecule has 0 aliphatic carbocycles. The van der Waals surface area contributed by atoms with Gasteiger partial charge in [-0.3, -0.25) is 0 Å². The molecule has 0 saturated carbocycles. The summed E-state index contributed by atoms with van der Waals surface area (Å²) in [5, 5.41) is 18.2. The van der Waals surface area contributed by atoms with Crippen molar-refractivity contribution in [1.29, 1.82) is 0 Å². The van der Waals surface area contributed by atoms with E-state index in [1.54, 1.807) is 24.3 Å². The largest absolute Gasteiger partial charge is 0.394 e. The van der Waals surface area contributed by atoms with Gasteiger partial charge in [-0.05, 0) is 18.1 Å². The van der Waals surface area contributed by atoms with Crippen LogP contribution in [0.15, 0.2) is 24.3 Å². The van der Waals surface area contributed by atoms with Gasteiger partial charge in [0.15, 0.2) is 9.84 Å². The normalized spacial score (nSPS) is 13.6. The molecule has 17 heavy (non-hydrogen) atoms. The summed E-state index contributed by atoms with van der Waals surface area (Å²) in [5.41, 5.74) is 0.760. The first-order chi connectivity index (χ1) is 7.94. The lowest BCUT2D eigenvalue weighted by Crippen LogP contribution is -2.26. The van der Waals surface area contributed by atoms with Crippen molar-refractivity contribution in [3.8, 4) is 0 Å². The van der Waals surface area contributed by atoms with Gasteiger partial charge in [-0.25, -0.2) is 8.42 Å². The second-order valence-corrected chi connectivity index (χ2v) is 6.43. The SMILES string of the molecule is O=S(=O)(CCc1ccccc1Cl)CC(O)CO. The maximum Gasteiger partial charge on any atom is 0.153 e. The first-order valence-corrected chi connectivity index (χ1v) is 7.37. The van der Waals surface area contributed by atoms with E-state index in [2.05, 4.69) is 0 Å². The van der Waals surface area contributed by atoms with Crippen LogP contribution in [0.4, 0.5) is 0 Å². The Hall–Kier alpha value is -0.620. The highest BCUT2D eigenvalue weighted by Crippen LogP contribution is 2.16. The highest BCUT2D eigenvalue weighted by molar-refractivity contribution is 7.91. The minimum Gasteiger partial charge on any atom is -0.394 e. The van der Waals surface area contributed by atoms with Crippen molar-refractivity contribution in [2.45, 2.75) is 12.5 Å². The van der Waals surface area contributed by atoms with Crippen LogP contribution >= 0.6 is 11.6 Å². The van der Waals surface area contributed by atoms with Gasteiger partial charge in [0, 0.05) is 5.02 Å². The van der Waals surface area contributed by atoms with Crippen LogP contribution in [0.5, 0.6) is 0 Å². The van der Waals surface area contributed by atoms with Crippen molar-refractivity contribution in [3.63, 3.8) is 0 Å². The fraction of sp³-hybridized carbons (Fsp3) is 0.455. The maximum absolute atomic E-state index is 11.6. The lowest BCUT2D eigenvalue weighted by atomic mass is 10.2. The number of hydrogen-bond donors (Lipinski definition) is 2. The van der Waals surface area contributed by atoms with Crippen molar-refractivity contribution in [2.75, 3.05) is 18.1 Å². The van der Waals surface area contributed by atoms with E-state index in [0.717, 1.165) is 5.56 Å². The first kappa shape index (κ1) is 14.4. The average Bonchev–Trinajstić information content (AvgIpc) is 2.27. The maximum atomic E-state index is 11.6. The van der Waals surface area contributed by atoms with Crippen LogP contribution in [0.2, 0.25) is 5.02 Å². The van der Waals surface area contributed by atoms with E-state index in [4.69, 9.17) is 21.8 Å². The van der Waals surface area contributed by atoms with Gasteiger partial charge in [-0.2, -0.15) is 0 Å². The van der Waals surface area contributed by atoms with Crippen LogP contribution in [-0.2, 0) is 16.3 Å². The molecule has 0 aliphatic heterocycles. The molecular formula is C11H15ClO4S. The van der Waals surface area contributed by atoms with E-state index in [-0.39, 0.29) is 5.75 Å². The Labute approximate surface area is 106 Å². The second-order valence-electron chi connectivity index (χ2n) is 3.79. The van der Waals surface area contributed by atoms with Crippen molar-refractivity contribution in [2.24, 2.45) is 0 Å². The molecule has 1 aromatic rings. The number of aliphatic hydroxyl groups excluding tert-OH is 2. The Kier molecular flexibility index (Phi) is 5.39. The zero-order valence-corrected chi connectivity index (χ0v) is 10.8. The van der Waals surface area contributed by atoms with Crippen LogP contribution in [0, 0.1) is 0 Å². The Morgan fingerprint density at radius 3 is 2.53 bits per heavy atom. The van der Waals surface area contributed by atoms with Crippen LogP contribution in [0.3, 0.4) is 0 Å². The van der Waals surface area contributed by atoms with Crippen molar-refractivity contribution < 1.29 is 18.6 Å². The molecule has 6 heteroatoms. The number of aliphatic hydroxyl groups is 2. The number of hydrogen-bond acceptors (Lipinski definition) is 4. The third kappa shape index (κ3) is 5.04. The molecule has 0 amide bonds. The van der Waals surface area contributed by atoms with Gasteiger partial charge in [0.2, 0.25) is 0 Å². The van der Waals surface area contributed by atoms with E-state index in [0.29, 0.717) is 11.4 Å². The van der Waals surface area contributed by atoms with Crippen LogP contribution < -0.4 is 0 Å². The Bertz CT molecular complexity index is 458. The zero-order valence-electron chi connectivity index (χ0n) is 9.21. The van der Waals surface area contributed by atoms with Gasteiger partial charge in [-0.1, -0.05) is 29.8 Å². The van der Waals surface area contributed by atoms with Gasteiger partial charge in [-0.15, -0.1) is 0 Å². The van der Waals surface area contributed by atoms with E-state index < -0.39 is 28.3 Å². The third-order valence-corrected chi connectivity index (χ3v) is 4.38. The van der Waals surface area contributed by atoms with Gasteiger partial charge < -0.3 is 10.2 Å². The molecule has 1 atom stereocenters. The first-order valence-electron chi connectivity index (χ1n) is 5.17. The predicted molar refractivity (Wildman–Crippen MR) is 66.9 cm³/mol. The molecule has 0 aromatic heterocycles. The molecule has 2 N–H and O–H groups in total. The van der Waals surface area contributed by atoms with Crippen LogP contribution in [0.25, 0.3) is 0 Å². The smallest absolute Gasteiger partial charge is 0.153 e. The predicted octanol–water partition coefficient (Wildman–Crippen LogP) is 0.651. The highest BCUT2D eigenvalue weighted by atomic mass is 35.5. The molecule has 0 heterocycles. The van der Waals surface area contributed by atoms with Crippen molar-refractivity contribution in [1.82, 2.24) is 0 Å². The topological polar surface area (TPSA) is 74.6 Å². The number of rotatable bonds is 6. The standard InChI is InChI=1S/C11H15ClO4S/c12-11-4-2-1-3-9(11)5-6-17(15,16)8-10(14)7-13/h1-4,10,13-14H,5-8H2. The van der Waals surface area contributed by atoms with Crippen molar-refractivity contribution in [3.05, 3.63) is 34.9 Å². The van der Waals surface area contributed by atoms with Gasteiger partial charge in [0.1, 0.15) is 0 Å². The quantitative estimate of drug-likeness (QED) is 0.801. The monoisotopic (exact) mass is 278 g/mol. The molecule has 0 spiro atoms. The molecule has 1 unspecified atom stereocenters. The molecule has 96 valence electrons. The fourth-order valence-electron chi connectivity index (χ4n) is 1.40. The second kappa shape index (κ2) is 6.35. The molecule has 0 radical (unpaired) electrons. The van der Waals surface area contributed by atoms with E-state index in [1.807, 2.05) is 0 Å². The summed E-state index contributed by atoms with van der Waals surface area (Å²) >= 11 is 5.90. The van der Waals surface area contributed by atoms with Gasteiger partial charge in [0.25, 0.3) is 0 Å². The molecule has 0 aliphatic rings. The minimum atomic E-state index is -3.38. The number of halogens is 1. The van der Waals surface area contributed by atoms with Crippen LogP contribution in [0.1, 0.15) is 5.56 Å². The zero-order chi connectivity index (χ0) is 12.9. The average molecular weight is 279 g/mol. The van der Waals surface area contributed by atoms with Gasteiger partial charge in [0.05, 0.1) is 24.2 Å². The summed E-state index contributed by atoms with van der Waals surface area (Å²) in [6, 6.07) is 7.03. The molecule has 1 aromatic carbocycles. The Morgan fingerprint density at radius 2 is 1.94 bits per heavy atom. The molecule has 0 bridgehead atoms. The minimum absolute atomic E-state index is 0.0895. The van der Waals surface area contributed by atoms with Crippen molar-refractivity contribution >= 4 is 21.4 Å². The molecular weight excluding hydrogens is 264 g/mol. The summed E-state index contributed by atoms with van der Waals surface area (Å²) < 4.78 is 23.1. The fourth-order valence-corrected chi connectivity index (χ4v) is 3.02. The molecule has 1 rings (SSSR count). The third-order valence-electron chi connectivity index (χ3n) is 2.30. The molecule has 0 fully saturated rings. The summed E-state index contributed by atoms with van der Waals surface area (Å²) in [6.45, 7) is -0.550. The lowest BCUT2D eigenvalue weighted by molar-refractivity contribution is 0.112. The van der Waals surface area contributed by atoms with E-state index >= 15 is 0 Å². The summed E-state index contributed by atoms with van der Waals surface area (Å²) in [6.07, 6.45) is -0.911. The number of sulfone groups is 1. The Balaban J connectivity index is 2.59. The lowest BCUT2D eigenvalue weighted by Gasteiger charge is -2.09. The van der Waals surface area contributed by atoms with E-state index in [9.17, 15) is 8.42 Å². The van der Waals surface area contributed by atoms with Crippen LogP contribution in [-0.4, -0.2) is 42.8 Å². The number of benzene rings is 1. The Morgan fingerprint density at radius 1 is 1.29 bits per heavy atom.